The van der Waals surface area contributed by atoms with Crippen molar-refractivity contribution in [3.63, 3.8) is 0 Å². The fourth-order valence-corrected chi connectivity index (χ4v) is 3.32. The van der Waals surface area contributed by atoms with Gasteiger partial charge in [-0.15, -0.1) is 11.8 Å². The molecule has 1 aromatic carbocycles. The Labute approximate surface area is 161 Å². The van der Waals surface area contributed by atoms with Crippen LogP contribution in [-0.2, 0) is 11.3 Å². The molecule has 140 valence electrons. The van der Waals surface area contributed by atoms with E-state index in [2.05, 4.69) is 26.2 Å². The highest BCUT2D eigenvalue weighted by Gasteiger charge is 2.29. The summed E-state index contributed by atoms with van der Waals surface area (Å²) >= 11 is 4.77. The van der Waals surface area contributed by atoms with E-state index < -0.39 is 12.8 Å². The molecular formula is C17H16BrF3N2O2S. The number of nitrogens with zero attached hydrogens (tertiary/aromatic N) is 1. The lowest BCUT2D eigenvalue weighted by Crippen LogP contribution is -2.26. The third-order valence-corrected chi connectivity index (χ3v) is 4.86. The van der Waals surface area contributed by atoms with Crippen LogP contribution in [0.3, 0.4) is 0 Å². The van der Waals surface area contributed by atoms with Gasteiger partial charge in [-0.2, -0.15) is 13.2 Å². The number of aryl methyl sites for hydroxylation is 1. The van der Waals surface area contributed by atoms with Crippen LogP contribution in [-0.4, -0.2) is 29.4 Å². The molecule has 2 rings (SSSR count). The zero-order valence-electron chi connectivity index (χ0n) is 13.8. The minimum Gasteiger partial charge on any atom is -0.468 e. The highest BCUT2D eigenvalue weighted by Crippen LogP contribution is 2.25. The summed E-state index contributed by atoms with van der Waals surface area (Å²) in [6.07, 6.45) is -3.11. The van der Waals surface area contributed by atoms with Gasteiger partial charge in [-0.25, -0.2) is 4.98 Å². The molecule has 0 aliphatic heterocycles. The number of carbonyl (C=O) groups is 1. The molecule has 0 radical (unpaired) electrons. The van der Waals surface area contributed by atoms with Crippen molar-refractivity contribution in [1.29, 1.82) is 0 Å². The summed E-state index contributed by atoms with van der Waals surface area (Å²) in [7, 11) is 0. The Balaban J connectivity index is 1.87. The maximum absolute atomic E-state index is 12.3. The summed E-state index contributed by atoms with van der Waals surface area (Å²) in [5.41, 5.74) is 1.43. The highest BCUT2D eigenvalue weighted by molar-refractivity contribution is 9.10. The second kappa shape index (κ2) is 9.27. The number of hydrogen-bond donors (Lipinski definition) is 1. The molecule has 0 atom stereocenters. The van der Waals surface area contributed by atoms with Gasteiger partial charge >= 0.3 is 6.18 Å². The van der Waals surface area contributed by atoms with Gasteiger partial charge in [0, 0.05) is 27.7 Å². The van der Waals surface area contributed by atoms with E-state index in [1.54, 1.807) is 12.1 Å². The lowest BCUT2D eigenvalue weighted by Gasteiger charge is -2.12. The van der Waals surface area contributed by atoms with Crippen molar-refractivity contribution in [3.05, 3.63) is 52.1 Å². The number of hydrogen-bond acceptors (Lipinski definition) is 4. The Hall–Kier alpha value is -1.74. The maximum atomic E-state index is 12.3. The standard InChI is InChI=1S/C17H16BrF3N2O2S/c1-11-7-13(18)4-5-14(11)26-9-15(24)23-8-12-3-2-6-22-16(12)25-10-17(19,20)21/h2-7H,8-10H2,1H3,(H,23,24). The molecule has 0 saturated heterocycles. The molecule has 26 heavy (non-hydrogen) atoms. The van der Waals surface area contributed by atoms with Crippen LogP contribution < -0.4 is 10.1 Å². The van der Waals surface area contributed by atoms with Crippen molar-refractivity contribution in [2.45, 2.75) is 24.5 Å². The molecule has 0 bridgehead atoms. The normalized spacial score (nSPS) is 11.3. The Morgan fingerprint density at radius 3 is 2.81 bits per heavy atom. The number of amides is 1. The molecule has 0 aliphatic carbocycles. The van der Waals surface area contributed by atoms with E-state index >= 15 is 0 Å². The lowest BCUT2D eigenvalue weighted by molar-refractivity contribution is -0.154. The summed E-state index contributed by atoms with van der Waals surface area (Å²) in [5.74, 6) is -0.175. The third-order valence-electron chi connectivity index (χ3n) is 3.19. The summed E-state index contributed by atoms with van der Waals surface area (Å²) in [5, 5.41) is 2.67. The van der Waals surface area contributed by atoms with Crippen LogP contribution in [0.25, 0.3) is 0 Å². The summed E-state index contributed by atoms with van der Waals surface area (Å²) in [4.78, 5) is 16.8. The number of carbonyl (C=O) groups excluding carboxylic acids is 1. The van der Waals surface area contributed by atoms with Gasteiger partial charge < -0.3 is 10.1 Å². The molecule has 0 fully saturated rings. The molecule has 4 nitrogen and oxygen atoms in total. The number of nitrogens with one attached hydrogen (secondary N) is 1. The van der Waals surface area contributed by atoms with Crippen molar-refractivity contribution in [2.24, 2.45) is 0 Å². The van der Waals surface area contributed by atoms with Crippen LogP contribution in [0, 0.1) is 6.92 Å². The second-order valence-electron chi connectivity index (χ2n) is 5.35. The van der Waals surface area contributed by atoms with Gasteiger partial charge in [0.05, 0.1) is 5.75 Å². The molecule has 0 spiro atoms. The van der Waals surface area contributed by atoms with E-state index in [9.17, 15) is 18.0 Å². The van der Waals surface area contributed by atoms with E-state index in [0.29, 0.717) is 5.56 Å². The maximum Gasteiger partial charge on any atom is 0.422 e. The number of alkyl halides is 3. The van der Waals surface area contributed by atoms with E-state index in [4.69, 9.17) is 4.74 Å². The number of thioether (sulfide) groups is 1. The first-order chi connectivity index (χ1) is 12.2. The van der Waals surface area contributed by atoms with Crippen LogP contribution in [0.2, 0.25) is 0 Å². The van der Waals surface area contributed by atoms with Crippen molar-refractivity contribution in [1.82, 2.24) is 10.3 Å². The van der Waals surface area contributed by atoms with Crippen LogP contribution >= 0.6 is 27.7 Å². The zero-order chi connectivity index (χ0) is 19.2. The largest absolute Gasteiger partial charge is 0.468 e. The van der Waals surface area contributed by atoms with Gasteiger partial charge in [0.25, 0.3) is 0 Å². The molecule has 9 heteroatoms. The molecule has 0 unspecified atom stereocenters. The van der Waals surface area contributed by atoms with Crippen molar-refractivity contribution in [2.75, 3.05) is 12.4 Å². The number of pyridine rings is 1. The van der Waals surface area contributed by atoms with Crippen molar-refractivity contribution in [3.8, 4) is 5.88 Å². The molecule has 1 aromatic heterocycles. The molecule has 0 aliphatic rings. The highest BCUT2D eigenvalue weighted by atomic mass is 79.9. The fraction of sp³-hybridized carbons (Fsp3) is 0.294. The smallest absolute Gasteiger partial charge is 0.422 e. The van der Waals surface area contributed by atoms with E-state index in [-0.39, 0.29) is 24.1 Å². The Kier molecular flexibility index (Phi) is 7.33. The average molecular weight is 449 g/mol. The molecule has 1 amide bonds. The van der Waals surface area contributed by atoms with E-state index in [1.807, 2.05) is 25.1 Å². The molecule has 0 saturated carbocycles. The van der Waals surface area contributed by atoms with E-state index in [0.717, 1.165) is 14.9 Å². The van der Waals surface area contributed by atoms with Crippen LogP contribution in [0.15, 0.2) is 45.9 Å². The first-order valence-corrected chi connectivity index (χ1v) is 9.31. The first kappa shape index (κ1) is 20.6. The number of halogens is 4. The quantitative estimate of drug-likeness (QED) is 0.633. The minimum atomic E-state index is -4.45. The van der Waals surface area contributed by atoms with Crippen LogP contribution in [0.5, 0.6) is 5.88 Å². The first-order valence-electron chi connectivity index (χ1n) is 7.54. The number of rotatable bonds is 7. The van der Waals surface area contributed by atoms with Gasteiger partial charge in [0.2, 0.25) is 11.8 Å². The zero-order valence-corrected chi connectivity index (χ0v) is 16.2. The van der Waals surface area contributed by atoms with E-state index in [1.165, 1.54) is 18.0 Å². The van der Waals surface area contributed by atoms with Crippen molar-refractivity contribution >= 4 is 33.6 Å². The lowest BCUT2D eigenvalue weighted by atomic mass is 10.2. The molecular weight excluding hydrogens is 433 g/mol. The SMILES string of the molecule is Cc1cc(Br)ccc1SCC(=O)NCc1cccnc1OCC(F)(F)F. The van der Waals surface area contributed by atoms with Gasteiger partial charge in [-0.05, 0) is 36.8 Å². The number of ether oxygens (including phenoxy) is 1. The van der Waals surface area contributed by atoms with Gasteiger partial charge in [0.1, 0.15) is 0 Å². The van der Waals surface area contributed by atoms with Gasteiger partial charge in [0.15, 0.2) is 6.61 Å². The van der Waals surface area contributed by atoms with Gasteiger partial charge in [-0.1, -0.05) is 22.0 Å². The average Bonchev–Trinajstić information content (AvgIpc) is 2.57. The molecule has 1 heterocycles. The Bertz CT molecular complexity index is 772. The van der Waals surface area contributed by atoms with Crippen LogP contribution in [0.1, 0.15) is 11.1 Å². The number of benzene rings is 1. The summed E-state index contributed by atoms with van der Waals surface area (Å²) in [6, 6.07) is 8.90. The fourth-order valence-electron chi connectivity index (χ4n) is 2.00. The monoisotopic (exact) mass is 448 g/mol. The van der Waals surface area contributed by atoms with Crippen molar-refractivity contribution < 1.29 is 22.7 Å². The number of aromatic nitrogens is 1. The Morgan fingerprint density at radius 2 is 2.12 bits per heavy atom. The molecule has 1 N–H and O–H groups in total. The minimum absolute atomic E-state index is 0.0414. The second-order valence-corrected chi connectivity index (χ2v) is 7.28. The predicted octanol–water partition coefficient (Wildman–Crippen LogP) is 4.50. The molecule has 2 aromatic rings. The Morgan fingerprint density at radius 1 is 1.35 bits per heavy atom. The van der Waals surface area contributed by atoms with Gasteiger partial charge in [-0.3, -0.25) is 4.79 Å². The van der Waals surface area contributed by atoms with Crippen LogP contribution in [0.4, 0.5) is 13.2 Å². The topological polar surface area (TPSA) is 51.2 Å². The third kappa shape index (κ3) is 6.87. The summed E-state index contributed by atoms with van der Waals surface area (Å²) < 4.78 is 42.5. The predicted molar refractivity (Wildman–Crippen MR) is 97.2 cm³/mol. The summed E-state index contributed by atoms with van der Waals surface area (Å²) in [6.45, 7) is 0.564.